The molecule has 0 atom stereocenters. The number of nitrogens with two attached hydrogens (primary N) is 1. The van der Waals surface area contributed by atoms with Crippen LogP contribution in [-0.2, 0) is 4.74 Å². The second-order valence-corrected chi connectivity index (χ2v) is 3.75. The fraction of sp³-hybridized carbons (Fsp3) is 0.167. The van der Waals surface area contributed by atoms with E-state index in [4.69, 9.17) is 5.73 Å². The lowest BCUT2D eigenvalue weighted by Crippen LogP contribution is -2.09. The number of carbonyl (C=O) groups is 1. The molecule has 2 aromatic rings. The lowest BCUT2D eigenvalue weighted by atomic mass is 10.2. The number of imidazole rings is 1. The lowest BCUT2D eigenvalue weighted by Gasteiger charge is -2.09. The van der Waals surface area contributed by atoms with Gasteiger partial charge in [-0.25, -0.2) is 14.2 Å². The highest BCUT2D eigenvalue weighted by Gasteiger charge is 2.19. The van der Waals surface area contributed by atoms with Gasteiger partial charge in [-0.15, -0.1) is 0 Å². The van der Waals surface area contributed by atoms with Gasteiger partial charge in [0.15, 0.2) is 5.69 Å². The molecule has 0 aliphatic rings. The summed E-state index contributed by atoms with van der Waals surface area (Å²) in [4.78, 5) is 15.2. The summed E-state index contributed by atoms with van der Waals surface area (Å²) in [7, 11) is 1.23. The summed E-state index contributed by atoms with van der Waals surface area (Å²) in [6.45, 7) is 1.75. The minimum atomic E-state index is -0.653. The summed E-state index contributed by atoms with van der Waals surface area (Å²) in [5.74, 6) is -1.04. The minimum Gasteiger partial charge on any atom is -0.464 e. The van der Waals surface area contributed by atoms with Gasteiger partial charge in [0.2, 0.25) is 0 Å². The average Bonchev–Trinajstić information content (AvgIpc) is 2.71. The molecule has 0 fully saturated rings. The van der Waals surface area contributed by atoms with E-state index in [1.807, 2.05) is 0 Å². The topological polar surface area (TPSA) is 70.1 Å². The van der Waals surface area contributed by atoms with Crippen LogP contribution in [0.3, 0.4) is 0 Å². The number of para-hydroxylation sites is 1. The molecule has 0 saturated heterocycles. The van der Waals surface area contributed by atoms with Crippen LogP contribution in [0.25, 0.3) is 5.69 Å². The van der Waals surface area contributed by atoms with Crippen LogP contribution in [0.1, 0.15) is 16.1 Å². The van der Waals surface area contributed by atoms with Gasteiger partial charge in [0.1, 0.15) is 18.0 Å². The molecule has 0 aliphatic heterocycles. The third-order valence-corrected chi connectivity index (χ3v) is 2.61. The van der Waals surface area contributed by atoms with E-state index in [-0.39, 0.29) is 17.2 Å². The number of nitrogen functional groups attached to an aromatic ring is 1. The molecule has 0 aliphatic carbocycles. The zero-order chi connectivity index (χ0) is 13.3. The number of hydrogen-bond acceptors (Lipinski definition) is 4. The maximum atomic E-state index is 13.8. The monoisotopic (exact) mass is 249 g/mol. The number of aromatic nitrogens is 2. The molecule has 1 heterocycles. The first-order valence-corrected chi connectivity index (χ1v) is 5.23. The molecule has 2 N–H and O–H groups in total. The number of nitrogens with zero attached hydrogens (tertiary/aromatic N) is 2. The van der Waals surface area contributed by atoms with E-state index in [1.54, 1.807) is 19.1 Å². The Morgan fingerprint density at radius 3 is 2.83 bits per heavy atom. The van der Waals surface area contributed by atoms with Gasteiger partial charge in [0.05, 0.1) is 12.8 Å². The predicted octanol–water partition coefficient (Wildman–Crippen LogP) is 1.69. The van der Waals surface area contributed by atoms with Crippen molar-refractivity contribution in [3.8, 4) is 5.69 Å². The van der Waals surface area contributed by atoms with E-state index in [1.165, 1.54) is 24.1 Å². The first kappa shape index (κ1) is 12.1. The van der Waals surface area contributed by atoms with Crippen molar-refractivity contribution in [3.05, 3.63) is 41.6 Å². The lowest BCUT2D eigenvalue weighted by molar-refractivity contribution is 0.0596. The van der Waals surface area contributed by atoms with Crippen molar-refractivity contribution in [2.45, 2.75) is 6.92 Å². The van der Waals surface area contributed by atoms with Crippen molar-refractivity contribution in [2.75, 3.05) is 12.8 Å². The Balaban J connectivity index is 2.60. The molecule has 0 unspecified atom stereocenters. The second kappa shape index (κ2) is 4.48. The number of hydrogen-bond donors (Lipinski definition) is 1. The number of ether oxygens (including phenoxy) is 1. The van der Waals surface area contributed by atoms with E-state index < -0.39 is 11.8 Å². The number of anilines is 1. The van der Waals surface area contributed by atoms with Gasteiger partial charge in [0.25, 0.3) is 0 Å². The van der Waals surface area contributed by atoms with Crippen molar-refractivity contribution in [1.82, 2.24) is 9.55 Å². The van der Waals surface area contributed by atoms with Gasteiger partial charge in [-0.05, 0) is 18.6 Å². The predicted molar refractivity (Wildman–Crippen MR) is 64.0 cm³/mol. The van der Waals surface area contributed by atoms with Gasteiger partial charge in [-0.1, -0.05) is 12.1 Å². The zero-order valence-corrected chi connectivity index (χ0v) is 9.98. The third-order valence-electron chi connectivity index (χ3n) is 2.61. The number of rotatable bonds is 2. The Labute approximate surface area is 103 Å². The number of esters is 1. The van der Waals surface area contributed by atoms with Gasteiger partial charge >= 0.3 is 5.97 Å². The van der Waals surface area contributed by atoms with Crippen LogP contribution in [0, 0.1) is 12.7 Å². The molecule has 5 nitrogen and oxygen atoms in total. The Kier molecular flexibility index (Phi) is 3.01. The SMILES string of the molecule is COC(=O)c1ncn(-c2c(C)cccc2F)c1N. The molecule has 0 spiro atoms. The van der Waals surface area contributed by atoms with E-state index in [0.29, 0.717) is 5.56 Å². The Morgan fingerprint density at radius 2 is 2.22 bits per heavy atom. The van der Waals surface area contributed by atoms with Crippen LogP contribution < -0.4 is 5.73 Å². The molecule has 94 valence electrons. The molecule has 0 bridgehead atoms. The molecule has 0 saturated carbocycles. The van der Waals surface area contributed by atoms with Crippen molar-refractivity contribution < 1.29 is 13.9 Å². The number of carbonyl (C=O) groups excluding carboxylic acids is 1. The van der Waals surface area contributed by atoms with E-state index in [2.05, 4.69) is 9.72 Å². The van der Waals surface area contributed by atoms with Crippen LogP contribution in [0.5, 0.6) is 0 Å². The van der Waals surface area contributed by atoms with Crippen molar-refractivity contribution in [2.24, 2.45) is 0 Å². The van der Waals surface area contributed by atoms with Gasteiger partial charge in [-0.3, -0.25) is 4.57 Å². The maximum Gasteiger partial charge on any atom is 0.360 e. The highest BCUT2D eigenvalue weighted by molar-refractivity contribution is 5.92. The van der Waals surface area contributed by atoms with Crippen molar-refractivity contribution in [3.63, 3.8) is 0 Å². The highest BCUT2D eigenvalue weighted by Crippen LogP contribution is 2.23. The molecule has 18 heavy (non-hydrogen) atoms. The summed E-state index contributed by atoms with van der Waals surface area (Å²) in [5, 5.41) is 0. The fourth-order valence-corrected chi connectivity index (χ4v) is 1.72. The number of aryl methyl sites for hydroxylation is 1. The minimum absolute atomic E-state index is 0.0276. The first-order valence-electron chi connectivity index (χ1n) is 5.23. The highest BCUT2D eigenvalue weighted by atomic mass is 19.1. The molecule has 1 aromatic heterocycles. The summed E-state index contributed by atoms with van der Waals surface area (Å²) in [5.41, 5.74) is 6.72. The smallest absolute Gasteiger partial charge is 0.360 e. The quantitative estimate of drug-likeness (QED) is 0.822. The largest absolute Gasteiger partial charge is 0.464 e. The van der Waals surface area contributed by atoms with E-state index in [0.717, 1.165) is 0 Å². The van der Waals surface area contributed by atoms with Gasteiger partial charge in [0, 0.05) is 0 Å². The summed E-state index contributed by atoms with van der Waals surface area (Å²) in [6, 6.07) is 4.66. The number of halogens is 1. The molecule has 0 radical (unpaired) electrons. The Morgan fingerprint density at radius 1 is 1.50 bits per heavy atom. The Hall–Kier alpha value is -2.37. The van der Waals surface area contributed by atoms with Crippen LogP contribution in [0.15, 0.2) is 24.5 Å². The Bertz CT molecular complexity index is 587. The van der Waals surface area contributed by atoms with E-state index >= 15 is 0 Å². The molecule has 6 heteroatoms. The summed E-state index contributed by atoms with van der Waals surface area (Å²) < 4.78 is 19.7. The molecule has 1 aromatic carbocycles. The average molecular weight is 249 g/mol. The normalized spacial score (nSPS) is 10.4. The van der Waals surface area contributed by atoms with Crippen molar-refractivity contribution >= 4 is 11.8 Å². The molecular formula is C12H12FN3O2. The summed E-state index contributed by atoms with van der Waals surface area (Å²) >= 11 is 0. The maximum absolute atomic E-state index is 13.8. The number of benzene rings is 1. The molecule has 2 rings (SSSR count). The number of methoxy groups -OCH3 is 1. The second-order valence-electron chi connectivity index (χ2n) is 3.75. The van der Waals surface area contributed by atoms with Crippen LogP contribution in [-0.4, -0.2) is 22.6 Å². The standard InChI is InChI=1S/C12H12FN3O2/c1-7-4-3-5-8(13)10(7)16-6-15-9(11(16)14)12(17)18-2/h3-6H,14H2,1-2H3. The van der Waals surface area contributed by atoms with Crippen LogP contribution in [0.2, 0.25) is 0 Å². The fourth-order valence-electron chi connectivity index (χ4n) is 1.72. The van der Waals surface area contributed by atoms with Crippen LogP contribution in [0.4, 0.5) is 10.2 Å². The van der Waals surface area contributed by atoms with E-state index in [9.17, 15) is 9.18 Å². The van der Waals surface area contributed by atoms with Gasteiger partial charge in [-0.2, -0.15) is 0 Å². The molecule has 0 amide bonds. The van der Waals surface area contributed by atoms with Crippen LogP contribution >= 0.6 is 0 Å². The first-order chi connectivity index (χ1) is 8.56. The zero-order valence-electron chi connectivity index (χ0n) is 9.98. The summed E-state index contributed by atoms with van der Waals surface area (Å²) in [6.07, 6.45) is 1.30. The molecular weight excluding hydrogens is 237 g/mol. The third kappa shape index (κ3) is 1.81. The van der Waals surface area contributed by atoms with Gasteiger partial charge < -0.3 is 10.5 Å². The van der Waals surface area contributed by atoms with Crippen molar-refractivity contribution in [1.29, 1.82) is 0 Å².